The minimum absolute atomic E-state index is 0.0956. The van der Waals surface area contributed by atoms with Crippen LogP contribution in [0.25, 0.3) is 0 Å². The first-order chi connectivity index (χ1) is 11.6. The molecule has 126 valence electrons. The summed E-state index contributed by atoms with van der Waals surface area (Å²) in [6.45, 7) is 1.75. The second-order valence-corrected chi connectivity index (χ2v) is 6.39. The second-order valence-electron chi connectivity index (χ2n) is 5.95. The van der Waals surface area contributed by atoms with Crippen LogP contribution in [0.2, 0.25) is 5.02 Å². The van der Waals surface area contributed by atoms with Crippen LogP contribution in [0.5, 0.6) is 0 Å². The molecule has 2 aromatic carbocycles. The zero-order valence-corrected chi connectivity index (χ0v) is 14.2. The fourth-order valence-electron chi connectivity index (χ4n) is 2.92. The number of carbonyl (C=O) groups excluding carboxylic acids is 1. The smallest absolute Gasteiger partial charge is 0.223 e. The van der Waals surface area contributed by atoms with Gasteiger partial charge < -0.3 is 15.4 Å². The van der Waals surface area contributed by atoms with Crippen LogP contribution >= 0.6 is 11.6 Å². The molecule has 3 rings (SSSR count). The zero-order chi connectivity index (χ0) is 16.9. The average Bonchev–Trinajstić information content (AvgIpc) is 2.61. The van der Waals surface area contributed by atoms with Crippen molar-refractivity contribution in [1.29, 1.82) is 0 Å². The summed E-state index contributed by atoms with van der Waals surface area (Å²) < 4.78 is 5.81. The third kappa shape index (κ3) is 4.08. The molecule has 1 fully saturated rings. The van der Waals surface area contributed by atoms with Gasteiger partial charge in [-0.1, -0.05) is 41.9 Å². The maximum Gasteiger partial charge on any atom is 0.223 e. The number of hydrogen-bond donors (Lipinski definition) is 1. The summed E-state index contributed by atoms with van der Waals surface area (Å²) in [6, 6.07) is 15.3. The molecule has 0 aliphatic carbocycles. The molecule has 1 unspecified atom stereocenters. The van der Waals surface area contributed by atoms with Crippen LogP contribution in [0.4, 0.5) is 5.69 Å². The highest BCUT2D eigenvalue weighted by Gasteiger charge is 2.25. The van der Waals surface area contributed by atoms with Gasteiger partial charge in [-0.15, -0.1) is 0 Å². The van der Waals surface area contributed by atoms with E-state index in [-0.39, 0.29) is 12.0 Å². The van der Waals surface area contributed by atoms with Gasteiger partial charge in [-0.2, -0.15) is 0 Å². The Balaban J connectivity index is 1.59. The fourth-order valence-corrected chi connectivity index (χ4v) is 3.04. The Hall–Kier alpha value is -2.04. The number of amides is 1. The van der Waals surface area contributed by atoms with Gasteiger partial charge in [0.05, 0.1) is 13.2 Å². The monoisotopic (exact) mass is 344 g/mol. The molecule has 1 atom stereocenters. The normalized spacial score (nSPS) is 17.7. The maximum absolute atomic E-state index is 12.5. The Bertz CT molecular complexity index is 703. The largest absolute Gasteiger partial charge is 0.399 e. The van der Waals surface area contributed by atoms with Crippen LogP contribution in [0, 0.1) is 0 Å². The molecule has 0 aromatic heterocycles. The molecule has 24 heavy (non-hydrogen) atoms. The second kappa shape index (κ2) is 7.69. The van der Waals surface area contributed by atoms with Crippen molar-refractivity contribution in [3.05, 3.63) is 64.7 Å². The molecule has 0 saturated carbocycles. The summed E-state index contributed by atoms with van der Waals surface area (Å²) in [5.41, 5.74) is 8.75. The fraction of sp³-hybridized carbons (Fsp3) is 0.316. The Morgan fingerprint density at radius 3 is 2.71 bits per heavy atom. The highest BCUT2D eigenvalue weighted by Crippen LogP contribution is 2.24. The molecule has 0 radical (unpaired) electrons. The Morgan fingerprint density at radius 2 is 1.96 bits per heavy atom. The lowest BCUT2D eigenvalue weighted by atomic mass is 10.1. The lowest BCUT2D eigenvalue weighted by Crippen LogP contribution is -2.42. The molecule has 1 heterocycles. The Labute approximate surface area is 147 Å². The summed E-state index contributed by atoms with van der Waals surface area (Å²) in [5, 5.41) is 0.697. The van der Waals surface area contributed by atoms with E-state index < -0.39 is 0 Å². The van der Waals surface area contributed by atoms with Gasteiger partial charge in [-0.3, -0.25) is 4.79 Å². The standard InChI is InChI=1S/C19H21ClN2O2/c20-16-8-5-15(6-9-16)18-13-22(11-12-24-18)19(23)10-7-14-3-1-2-4-17(14)21/h1-6,8-9,18H,7,10-13,21H2. The van der Waals surface area contributed by atoms with Gasteiger partial charge >= 0.3 is 0 Å². The van der Waals surface area contributed by atoms with Crippen LogP contribution < -0.4 is 5.73 Å². The number of hydrogen-bond acceptors (Lipinski definition) is 3. The number of halogens is 1. The van der Waals surface area contributed by atoms with E-state index in [9.17, 15) is 4.79 Å². The van der Waals surface area contributed by atoms with Crippen molar-refractivity contribution in [2.45, 2.75) is 18.9 Å². The van der Waals surface area contributed by atoms with Crippen molar-refractivity contribution >= 4 is 23.2 Å². The number of benzene rings is 2. The third-order valence-electron chi connectivity index (χ3n) is 4.32. The summed E-state index contributed by atoms with van der Waals surface area (Å²) in [5.74, 6) is 0.139. The van der Waals surface area contributed by atoms with Crippen LogP contribution in [0.1, 0.15) is 23.7 Å². The molecule has 1 amide bonds. The number of morpholine rings is 1. The van der Waals surface area contributed by atoms with E-state index >= 15 is 0 Å². The first kappa shape index (κ1) is 16.8. The number of nitrogens with zero attached hydrogens (tertiary/aromatic N) is 1. The van der Waals surface area contributed by atoms with E-state index in [0.717, 1.165) is 16.8 Å². The zero-order valence-electron chi connectivity index (χ0n) is 13.5. The number of anilines is 1. The number of carbonyl (C=O) groups is 1. The highest BCUT2D eigenvalue weighted by molar-refractivity contribution is 6.30. The minimum Gasteiger partial charge on any atom is -0.399 e. The minimum atomic E-state index is -0.0956. The molecule has 1 saturated heterocycles. The molecule has 1 aliphatic rings. The van der Waals surface area contributed by atoms with Gasteiger partial charge in [0.1, 0.15) is 6.10 Å². The van der Waals surface area contributed by atoms with Gasteiger partial charge in [0.2, 0.25) is 5.91 Å². The van der Waals surface area contributed by atoms with E-state index in [1.54, 1.807) is 0 Å². The molecule has 2 N–H and O–H groups in total. The predicted molar refractivity (Wildman–Crippen MR) is 95.9 cm³/mol. The van der Waals surface area contributed by atoms with Gasteiger partial charge in [0.15, 0.2) is 0 Å². The van der Waals surface area contributed by atoms with E-state index in [0.29, 0.717) is 37.6 Å². The van der Waals surface area contributed by atoms with Crippen molar-refractivity contribution in [3.63, 3.8) is 0 Å². The van der Waals surface area contributed by atoms with Crippen LogP contribution in [-0.2, 0) is 16.0 Å². The topological polar surface area (TPSA) is 55.6 Å². The molecular formula is C19H21ClN2O2. The molecular weight excluding hydrogens is 324 g/mol. The molecule has 0 bridgehead atoms. The van der Waals surface area contributed by atoms with Crippen molar-refractivity contribution < 1.29 is 9.53 Å². The lowest BCUT2D eigenvalue weighted by Gasteiger charge is -2.33. The number of aryl methyl sites for hydroxylation is 1. The number of rotatable bonds is 4. The lowest BCUT2D eigenvalue weighted by molar-refractivity contribution is -0.139. The van der Waals surface area contributed by atoms with Crippen LogP contribution in [0.15, 0.2) is 48.5 Å². The quantitative estimate of drug-likeness (QED) is 0.864. The number of nitrogens with two attached hydrogens (primary N) is 1. The summed E-state index contributed by atoms with van der Waals surface area (Å²) in [7, 11) is 0. The van der Waals surface area contributed by atoms with Gasteiger partial charge in [-0.05, 0) is 35.7 Å². The van der Waals surface area contributed by atoms with Crippen LogP contribution in [0.3, 0.4) is 0 Å². The highest BCUT2D eigenvalue weighted by atomic mass is 35.5. The number of nitrogen functional groups attached to an aromatic ring is 1. The van der Waals surface area contributed by atoms with Gasteiger partial charge in [0.25, 0.3) is 0 Å². The average molecular weight is 345 g/mol. The first-order valence-electron chi connectivity index (χ1n) is 8.11. The van der Waals surface area contributed by atoms with Crippen molar-refractivity contribution in [3.8, 4) is 0 Å². The first-order valence-corrected chi connectivity index (χ1v) is 8.49. The summed E-state index contributed by atoms with van der Waals surface area (Å²) >= 11 is 5.93. The molecule has 2 aromatic rings. The van der Waals surface area contributed by atoms with Crippen LogP contribution in [-0.4, -0.2) is 30.5 Å². The van der Waals surface area contributed by atoms with Crippen molar-refractivity contribution in [1.82, 2.24) is 4.90 Å². The molecule has 5 heteroatoms. The Kier molecular flexibility index (Phi) is 5.38. The molecule has 1 aliphatic heterocycles. The van der Waals surface area contributed by atoms with E-state index in [1.807, 2.05) is 53.4 Å². The third-order valence-corrected chi connectivity index (χ3v) is 4.58. The van der Waals surface area contributed by atoms with E-state index in [4.69, 9.17) is 22.1 Å². The predicted octanol–water partition coefficient (Wildman–Crippen LogP) is 3.45. The summed E-state index contributed by atoms with van der Waals surface area (Å²) in [4.78, 5) is 14.4. The molecule has 0 spiro atoms. The summed E-state index contributed by atoms with van der Waals surface area (Å²) in [6.07, 6.45) is 1.03. The van der Waals surface area contributed by atoms with E-state index in [1.165, 1.54) is 0 Å². The SMILES string of the molecule is Nc1ccccc1CCC(=O)N1CCOC(c2ccc(Cl)cc2)C1. The molecule has 4 nitrogen and oxygen atoms in total. The van der Waals surface area contributed by atoms with Gasteiger partial charge in [0, 0.05) is 23.7 Å². The van der Waals surface area contributed by atoms with Crippen molar-refractivity contribution in [2.24, 2.45) is 0 Å². The van der Waals surface area contributed by atoms with E-state index in [2.05, 4.69) is 0 Å². The maximum atomic E-state index is 12.5. The van der Waals surface area contributed by atoms with Gasteiger partial charge in [-0.25, -0.2) is 0 Å². The number of ether oxygens (including phenoxy) is 1. The Morgan fingerprint density at radius 1 is 1.21 bits per heavy atom. The number of para-hydroxylation sites is 1. The van der Waals surface area contributed by atoms with Crippen molar-refractivity contribution in [2.75, 3.05) is 25.4 Å².